The van der Waals surface area contributed by atoms with Gasteiger partial charge in [0.1, 0.15) is 6.04 Å². The van der Waals surface area contributed by atoms with Crippen LogP contribution in [0, 0.1) is 0 Å². The van der Waals surface area contributed by atoms with Gasteiger partial charge in [0.25, 0.3) is 5.56 Å². The van der Waals surface area contributed by atoms with Crippen LogP contribution < -0.4 is 16.2 Å². The molecule has 0 aromatic carbocycles. The molecule has 2 N–H and O–H groups in total. The molecule has 1 fully saturated rings. The summed E-state index contributed by atoms with van der Waals surface area (Å²) in [7, 11) is 1.65. The normalized spacial score (nSPS) is 17.7. The Bertz CT molecular complexity index is 756. The highest BCUT2D eigenvalue weighted by atomic mass is 16.1. The largest absolute Gasteiger partial charge is 0.368 e. The fourth-order valence-corrected chi connectivity index (χ4v) is 2.76. The van der Waals surface area contributed by atoms with Gasteiger partial charge in [-0.3, -0.25) is 19.1 Å². The molecule has 1 aliphatic rings. The minimum atomic E-state index is -0.411. The third kappa shape index (κ3) is 2.45. The van der Waals surface area contributed by atoms with Gasteiger partial charge in [0, 0.05) is 37.6 Å². The Hall–Kier alpha value is -2.70. The minimum absolute atomic E-state index is 0.174. The lowest BCUT2D eigenvalue weighted by Gasteiger charge is -2.25. The Kier molecular flexibility index (Phi) is 3.62. The molecule has 1 amide bonds. The van der Waals surface area contributed by atoms with Crippen molar-refractivity contribution in [3.8, 4) is 11.3 Å². The SMILES string of the molecule is Cn1c(N2CCC[C@H]2C(N)=O)nc(-c2ccncc2)cc1=O. The van der Waals surface area contributed by atoms with Crippen LogP contribution in [0.25, 0.3) is 11.3 Å². The standard InChI is InChI=1S/C15H17N5O2/c1-19-13(21)9-11(10-4-6-17-7-5-10)18-15(19)20-8-2-3-12(20)14(16)22/h4-7,9,12H,2-3,8H2,1H3,(H2,16,22)/t12-/m0/s1. The van der Waals surface area contributed by atoms with E-state index in [9.17, 15) is 9.59 Å². The molecule has 0 bridgehead atoms. The fourth-order valence-electron chi connectivity index (χ4n) is 2.76. The predicted molar refractivity (Wildman–Crippen MR) is 82.3 cm³/mol. The average Bonchev–Trinajstić information content (AvgIpc) is 3.00. The van der Waals surface area contributed by atoms with Gasteiger partial charge in [-0.1, -0.05) is 0 Å². The molecular weight excluding hydrogens is 282 g/mol. The summed E-state index contributed by atoms with van der Waals surface area (Å²) in [5.74, 6) is 0.0849. The Morgan fingerprint density at radius 2 is 2.09 bits per heavy atom. The lowest BCUT2D eigenvalue weighted by Crippen LogP contribution is -2.43. The summed E-state index contributed by atoms with van der Waals surface area (Å²) in [5.41, 5.74) is 6.66. The number of hydrogen-bond acceptors (Lipinski definition) is 5. The molecule has 0 saturated carbocycles. The first-order valence-electron chi connectivity index (χ1n) is 7.12. The second-order valence-corrected chi connectivity index (χ2v) is 5.33. The molecule has 0 spiro atoms. The van der Waals surface area contributed by atoms with Gasteiger partial charge in [-0.15, -0.1) is 0 Å². The van der Waals surface area contributed by atoms with Crippen molar-refractivity contribution in [1.29, 1.82) is 0 Å². The molecule has 0 aliphatic carbocycles. The van der Waals surface area contributed by atoms with E-state index in [2.05, 4.69) is 9.97 Å². The van der Waals surface area contributed by atoms with Crippen LogP contribution in [0.3, 0.4) is 0 Å². The minimum Gasteiger partial charge on any atom is -0.368 e. The predicted octanol–water partition coefficient (Wildman–Crippen LogP) is 0.296. The number of rotatable bonds is 3. The van der Waals surface area contributed by atoms with Gasteiger partial charge in [0.15, 0.2) is 0 Å². The fraction of sp³-hybridized carbons (Fsp3) is 0.333. The molecule has 3 rings (SSSR count). The van der Waals surface area contributed by atoms with E-state index in [1.54, 1.807) is 31.6 Å². The maximum Gasteiger partial charge on any atom is 0.255 e. The van der Waals surface area contributed by atoms with Gasteiger partial charge in [-0.05, 0) is 25.0 Å². The summed E-state index contributed by atoms with van der Waals surface area (Å²) in [4.78, 5) is 34.2. The van der Waals surface area contributed by atoms with Crippen molar-refractivity contribution in [1.82, 2.24) is 14.5 Å². The molecule has 0 radical (unpaired) electrons. The zero-order valence-electron chi connectivity index (χ0n) is 12.3. The van der Waals surface area contributed by atoms with Crippen LogP contribution in [0.2, 0.25) is 0 Å². The number of pyridine rings is 1. The van der Waals surface area contributed by atoms with Crippen molar-refractivity contribution in [3.05, 3.63) is 40.9 Å². The third-order valence-electron chi connectivity index (χ3n) is 3.93. The van der Waals surface area contributed by atoms with Crippen molar-refractivity contribution < 1.29 is 4.79 Å². The maximum atomic E-state index is 12.2. The summed E-state index contributed by atoms with van der Waals surface area (Å²) in [6, 6.07) is 4.65. The number of hydrogen-bond donors (Lipinski definition) is 1. The third-order valence-corrected chi connectivity index (χ3v) is 3.93. The van der Waals surface area contributed by atoms with Crippen LogP contribution in [0.15, 0.2) is 35.4 Å². The van der Waals surface area contributed by atoms with Crippen LogP contribution in [0.4, 0.5) is 5.95 Å². The highest BCUT2D eigenvalue weighted by Gasteiger charge is 2.31. The molecule has 1 saturated heterocycles. The van der Waals surface area contributed by atoms with E-state index in [0.717, 1.165) is 12.0 Å². The Balaban J connectivity index is 2.10. The van der Waals surface area contributed by atoms with Gasteiger partial charge >= 0.3 is 0 Å². The van der Waals surface area contributed by atoms with Gasteiger partial charge in [-0.2, -0.15) is 0 Å². The first-order chi connectivity index (χ1) is 10.6. The molecular formula is C15H17N5O2. The number of primary amides is 1. The first kappa shape index (κ1) is 14.2. The highest BCUT2D eigenvalue weighted by Crippen LogP contribution is 2.24. The van der Waals surface area contributed by atoms with E-state index in [4.69, 9.17) is 5.73 Å². The summed E-state index contributed by atoms with van der Waals surface area (Å²) in [6.07, 6.45) is 4.83. The maximum absolute atomic E-state index is 12.2. The number of carbonyl (C=O) groups excluding carboxylic acids is 1. The zero-order valence-corrected chi connectivity index (χ0v) is 12.3. The van der Waals surface area contributed by atoms with Gasteiger partial charge in [-0.25, -0.2) is 4.98 Å². The Morgan fingerprint density at radius 1 is 1.36 bits per heavy atom. The van der Waals surface area contributed by atoms with E-state index >= 15 is 0 Å². The van der Waals surface area contributed by atoms with Crippen LogP contribution in [0.1, 0.15) is 12.8 Å². The Morgan fingerprint density at radius 3 is 2.77 bits per heavy atom. The van der Waals surface area contributed by atoms with E-state index in [1.807, 2.05) is 4.90 Å². The van der Waals surface area contributed by atoms with Gasteiger partial charge in [0.05, 0.1) is 5.69 Å². The number of amides is 1. The highest BCUT2D eigenvalue weighted by molar-refractivity contribution is 5.83. The Labute approximate surface area is 127 Å². The molecule has 7 heteroatoms. The van der Waals surface area contributed by atoms with E-state index < -0.39 is 6.04 Å². The van der Waals surface area contributed by atoms with Crippen molar-refractivity contribution in [3.63, 3.8) is 0 Å². The second-order valence-electron chi connectivity index (χ2n) is 5.33. The topological polar surface area (TPSA) is 94.1 Å². The smallest absolute Gasteiger partial charge is 0.255 e. The van der Waals surface area contributed by atoms with E-state index in [0.29, 0.717) is 24.6 Å². The van der Waals surface area contributed by atoms with Crippen molar-refractivity contribution >= 4 is 11.9 Å². The first-order valence-corrected chi connectivity index (χ1v) is 7.12. The molecule has 1 aliphatic heterocycles. The lowest BCUT2D eigenvalue weighted by molar-refractivity contribution is -0.119. The van der Waals surface area contributed by atoms with Crippen LogP contribution in [-0.4, -0.2) is 33.0 Å². The number of aromatic nitrogens is 3. The van der Waals surface area contributed by atoms with Crippen molar-refractivity contribution in [2.75, 3.05) is 11.4 Å². The molecule has 2 aromatic rings. The summed E-state index contributed by atoms with van der Waals surface area (Å²) in [6.45, 7) is 0.660. The van der Waals surface area contributed by atoms with Crippen LogP contribution in [-0.2, 0) is 11.8 Å². The zero-order chi connectivity index (χ0) is 15.7. The molecule has 0 unspecified atom stereocenters. The molecule has 114 valence electrons. The van der Waals surface area contributed by atoms with Crippen molar-refractivity contribution in [2.45, 2.75) is 18.9 Å². The van der Waals surface area contributed by atoms with E-state index in [1.165, 1.54) is 10.6 Å². The molecule has 22 heavy (non-hydrogen) atoms. The monoisotopic (exact) mass is 299 g/mol. The van der Waals surface area contributed by atoms with E-state index in [-0.39, 0.29) is 11.5 Å². The van der Waals surface area contributed by atoms with Crippen molar-refractivity contribution in [2.24, 2.45) is 12.8 Å². The molecule has 3 heterocycles. The second kappa shape index (κ2) is 5.59. The molecule has 7 nitrogen and oxygen atoms in total. The van der Waals surface area contributed by atoms with Crippen LogP contribution in [0.5, 0.6) is 0 Å². The summed E-state index contributed by atoms with van der Waals surface area (Å²) >= 11 is 0. The van der Waals surface area contributed by atoms with Gasteiger partial charge in [0.2, 0.25) is 11.9 Å². The average molecular weight is 299 g/mol. The summed E-state index contributed by atoms with van der Waals surface area (Å²) in [5, 5.41) is 0. The van der Waals surface area contributed by atoms with Crippen LogP contribution >= 0.6 is 0 Å². The lowest BCUT2D eigenvalue weighted by atomic mass is 10.2. The number of carbonyl (C=O) groups is 1. The quantitative estimate of drug-likeness (QED) is 0.879. The number of nitrogens with zero attached hydrogens (tertiary/aromatic N) is 4. The number of nitrogens with two attached hydrogens (primary N) is 1. The molecule has 1 atom stereocenters. The van der Waals surface area contributed by atoms with Gasteiger partial charge < -0.3 is 10.6 Å². The summed E-state index contributed by atoms with van der Waals surface area (Å²) < 4.78 is 1.45. The molecule has 2 aromatic heterocycles. The number of anilines is 1.